The lowest BCUT2D eigenvalue weighted by Crippen LogP contribution is -2.22. The fraction of sp³-hybridized carbons (Fsp3) is 0.333. The molecule has 6 nitrogen and oxygen atoms in total. The highest BCUT2D eigenvalue weighted by Crippen LogP contribution is 2.22. The molecule has 0 aliphatic heterocycles. The van der Waals surface area contributed by atoms with Crippen molar-refractivity contribution in [2.45, 2.75) is 32.6 Å². The molecule has 1 aromatic carbocycles. The highest BCUT2D eigenvalue weighted by molar-refractivity contribution is 7.14. The van der Waals surface area contributed by atoms with Crippen molar-refractivity contribution >= 4 is 52.0 Å². The summed E-state index contributed by atoms with van der Waals surface area (Å²) >= 11 is 7.53. The zero-order chi connectivity index (χ0) is 21.6. The molecular formula is C21H23ClN2O4S. The van der Waals surface area contributed by atoms with Crippen molar-refractivity contribution in [1.29, 1.82) is 0 Å². The summed E-state index contributed by atoms with van der Waals surface area (Å²) in [4.78, 5) is 51.2. The first kappa shape index (κ1) is 22.8. The largest absolute Gasteiger partial charge is 0.345 e. The predicted molar refractivity (Wildman–Crippen MR) is 115 cm³/mol. The molecule has 2 amide bonds. The quantitative estimate of drug-likeness (QED) is 0.594. The van der Waals surface area contributed by atoms with E-state index in [1.165, 1.54) is 22.3 Å². The van der Waals surface area contributed by atoms with Crippen LogP contribution >= 0.6 is 22.9 Å². The molecule has 0 bridgehead atoms. The Morgan fingerprint density at radius 1 is 1.00 bits per heavy atom. The van der Waals surface area contributed by atoms with Crippen molar-refractivity contribution in [2.75, 3.05) is 19.4 Å². The summed E-state index contributed by atoms with van der Waals surface area (Å²) in [6.07, 6.45) is 0.349. The number of nitrogens with one attached hydrogen (secondary N) is 1. The zero-order valence-electron chi connectivity index (χ0n) is 16.6. The number of carbonyl (C=O) groups excluding carboxylic acids is 4. The zero-order valence-corrected chi connectivity index (χ0v) is 18.2. The number of aryl methyl sites for hydroxylation is 1. The van der Waals surface area contributed by atoms with Gasteiger partial charge >= 0.3 is 0 Å². The number of halogens is 1. The molecule has 0 aliphatic rings. The molecule has 0 saturated heterocycles. The van der Waals surface area contributed by atoms with Crippen LogP contribution in [-0.2, 0) is 9.59 Å². The summed E-state index contributed by atoms with van der Waals surface area (Å²) in [5, 5.41) is 2.90. The minimum atomic E-state index is -0.332. The molecule has 154 valence electrons. The molecule has 0 fully saturated rings. The van der Waals surface area contributed by atoms with E-state index in [1.54, 1.807) is 32.3 Å². The maximum Gasteiger partial charge on any atom is 0.254 e. The summed E-state index contributed by atoms with van der Waals surface area (Å²) in [5.41, 5.74) is 0.793. The molecule has 1 aromatic heterocycles. The Kier molecular flexibility index (Phi) is 8.10. The molecule has 2 aromatic rings. The number of amides is 2. The smallest absolute Gasteiger partial charge is 0.254 e. The van der Waals surface area contributed by atoms with Gasteiger partial charge in [-0.25, -0.2) is 0 Å². The summed E-state index contributed by atoms with van der Waals surface area (Å²) in [6.45, 7) is 1.92. The van der Waals surface area contributed by atoms with E-state index in [9.17, 15) is 19.2 Å². The van der Waals surface area contributed by atoms with Crippen LogP contribution in [-0.4, -0.2) is 42.4 Å². The van der Waals surface area contributed by atoms with Crippen LogP contribution in [0.5, 0.6) is 0 Å². The van der Waals surface area contributed by atoms with Crippen LogP contribution in [0.3, 0.4) is 0 Å². The SMILES string of the molecule is Cc1ccc(C(=O)CCC(=O)CCC(=O)Nc2ccc(C(=O)N(C)C)c(Cl)c2)s1. The number of carbonyl (C=O) groups is 4. The van der Waals surface area contributed by atoms with E-state index < -0.39 is 0 Å². The molecular weight excluding hydrogens is 412 g/mol. The number of rotatable bonds is 9. The van der Waals surface area contributed by atoms with Crippen LogP contribution < -0.4 is 5.32 Å². The predicted octanol–water partition coefficient (Wildman–Crippen LogP) is 4.36. The van der Waals surface area contributed by atoms with Gasteiger partial charge in [0.1, 0.15) is 5.78 Å². The Bertz CT molecular complexity index is 937. The molecule has 2 rings (SSSR count). The summed E-state index contributed by atoms with van der Waals surface area (Å²) in [7, 11) is 3.25. The summed E-state index contributed by atoms with van der Waals surface area (Å²) in [6, 6.07) is 8.27. The highest BCUT2D eigenvalue weighted by Gasteiger charge is 2.15. The van der Waals surface area contributed by atoms with Gasteiger partial charge in [-0.1, -0.05) is 11.6 Å². The van der Waals surface area contributed by atoms with E-state index in [0.717, 1.165) is 4.88 Å². The normalized spacial score (nSPS) is 10.5. The first-order valence-corrected chi connectivity index (χ1v) is 10.3. The van der Waals surface area contributed by atoms with Crippen molar-refractivity contribution in [1.82, 2.24) is 4.90 Å². The van der Waals surface area contributed by atoms with Crippen molar-refractivity contribution in [3.8, 4) is 0 Å². The lowest BCUT2D eigenvalue weighted by Gasteiger charge is -2.12. The first-order chi connectivity index (χ1) is 13.7. The van der Waals surface area contributed by atoms with Crippen LogP contribution in [0.25, 0.3) is 0 Å². The van der Waals surface area contributed by atoms with Gasteiger partial charge in [0.05, 0.1) is 15.5 Å². The third kappa shape index (κ3) is 6.80. The molecule has 1 N–H and O–H groups in total. The molecule has 0 spiro atoms. The average molecular weight is 435 g/mol. The minimum Gasteiger partial charge on any atom is -0.345 e. The van der Waals surface area contributed by atoms with Crippen LogP contribution in [0.4, 0.5) is 5.69 Å². The van der Waals surface area contributed by atoms with Crippen LogP contribution in [0.2, 0.25) is 5.02 Å². The van der Waals surface area contributed by atoms with Crippen molar-refractivity contribution in [3.05, 3.63) is 50.7 Å². The Morgan fingerprint density at radius 2 is 1.69 bits per heavy atom. The second kappa shape index (κ2) is 10.3. The average Bonchev–Trinajstić information content (AvgIpc) is 3.10. The van der Waals surface area contributed by atoms with E-state index in [-0.39, 0.29) is 54.1 Å². The van der Waals surface area contributed by atoms with Gasteiger partial charge in [-0.3, -0.25) is 19.2 Å². The highest BCUT2D eigenvalue weighted by atomic mass is 35.5. The van der Waals surface area contributed by atoms with Gasteiger partial charge in [0.2, 0.25) is 5.91 Å². The van der Waals surface area contributed by atoms with Gasteiger partial charge in [0, 0.05) is 50.3 Å². The Hall–Kier alpha value is -2.51. The van der Waals surface area contributed by atoms with Gasteiger partial charge in [-0.15, -0.1) is 11.3 Å². The number of hydrogen-bond acceptors (Lipinski definition) is 5. The van der Waals surface area contributed by atoms with E-state index >= 15 is 0 Å². The molecule has 0 unspecified atom stereocenters. The first-order valence-electron chi connectivity index (χ1n) is 9.09. The number of benzene rings is 1. The fourth-order valence-corrected chi connectivity index (χ4v) is 3.67. The summed E-state index contributed by atoms with van der Waals surface area (Å²) < 4.78 is 0. The number of Topliss-reactive ketones (excluding diaryl/α,β-unsaturated/α-hetero) is 2. The second-order valence-electron chi connectivity index (χ2n) is 6.81. The number of hydrogen-bond donors (Lipinski definition) is 1. The number of thiophene rings is 1. The maximum absolute atomic E-state index is 12.1. The Morgan fingerprint density at radius 3 is 2.28 bits per heavy atom. The second-order valence-corrected chi connectivity index (χ2v) is 8.51. The third-order valence-corrected chi connectivity index (χ3v) is 5.52. The van der Waals surface area contributed by atoms with Gasteiger partial charge in [-0.05, 0) is 37.3 Å². The van der Waals surface area contributed by atoms with Gasteiger partial charge in [0.15, 0.2) is 5.78 Å². The molecule has 0 atom stereocenters. The van der Waals surface area contributed by atoms with E-state index in [4.69, 9.17) is 11.6 Å². The van der Waals surface area contributed by atoms with Crippen molar-refractivity contribution < 1.29 is 19.2 Å². The minimum absolute atomic E-state index is 0.0150. The van der Waals surface area contributed by atoms with Crippen LogP contribution in [0, 0.1) is 6.92 Å². The molecule has 29 heavy (non-hydrogen) atoms. The van der Waals surface area contributed by atoms with Gasteiger partial charge in [0.25, 0.3) is 5.91 Å². The van der Waals surface area contributed by atoms with Crippen LogP contribution in [0.15, 0.2) is 30.3 Å². The molecule has 0 aliphatic carbocycles. The standard InChI is InChI=1S/C21H23ClN2O4S/c1-13-4-10-19(29-13)18(26)9-6-15(25)7-11-20(27)23-14-5-8-16(17(22)12-14)21(28)24(2)3/h4-5,8,10,12H,6-7,9,11H2,1-3H3,(H,23,27). The van der Waals surface area contributed by atoms with E-state index in [2.05, 4.69) is 5.32 Å². The third-order valence-electron chi connectivity index (χ3n) is 4.17. The Labute approximate surface area is 178 Å². The fourth-order valence-electron chi connectivity index (χ4n) is 2.57. The molecule has 8 heteroatoms. The van der Waals surface area contributed by atoms with Crippen LogP contribution in [0.1, 0.15) is 50.6 Å². The number of nitrogens with zero attached hydrogens (tertiary/aromatic N) is 1. The lowest BCUT2D eigenvalue weighted by atomic mass is 10.1. The monoisotopic (exact) mass is 434 g/mol. The number of ketones is 2. The number of anilines is 1. The topological polar surface area (TPSA) is 83.5 Å². The molecule has 0 radical (unpaired) electrons. The van der Waals surface area contributed by atoms with Gasteiger partial charge in [-0.2, -0.15) is 0 Å². The Balaban J connectivity index is 1.79. The lowest BCUT2D eigenvalue weighted by molar-refractivity contribution is -0.122. The van der Waals surface area contributed by atoms with E-state index in [1.807, 2.05) is 13.0 Å². The summed E-state index contributed by atoms with van der Waals surface area (Å²) in [5.74, 6) is -0.748. The van der Waals surface area contributed by atoms with Gasteiger partial charge < -0.3 is 10.2 Å². The van der Waals surface area contributed by atoms with Crippen molar-refractivity contribution in [2.24, 2.45) is 0 Å². The molecule has 0 saturated carbocycles. The van der Waals surface area contributed by atoms with Crippen molar-refractivity contribution in [3.63, 3.8) is 0 Å². The molecule has 1 heterocycles. The maximum atomic E-state index is 12.1. The van der Waals surface area contributed by atoms with E-state index in [0.29, 0.717) is 16.1 Å².